The highest BCUT2D eigenvalue weighted by atomic mass is 16.6. The lowest BCUT2D eigenvalue weighted by Gasteiger charge is -2.25. The van der Waals surface area contributed by atoms with Gasteiger partial charge in [-0.3, -0.25) is 4.79 Å². The summed E-state index contributed by atoms with van der Waals surface area (Å²) in [6.07, 6.45) is 0.504. The Hall–Kier alpha value is -2.81. The highest BCUT2D eigenvalue weighted by Gasteiger charge is 2.37. The maximum Gasteiger partial charge on any atom is 0.410 e. The zero-order valence-electron chi connectivity index (χ0n) is 18.6. The molecule has 172 valence electrons. The van der Waals surface area contributed by atoms with Gasteiger partial charge in [-0.15, -0.1) is 0 Å². The molecule has 1 aromatic rings. The SMILES string of the molecule is COCCNC(=O)Nc1cccc(C[C@H](C(=O)O)[C@H]2CCN(C(=O)OC(C)(C)C)C2)c1. The van der Waals surface area contributed by atoms with E-state index in [4.69, 9.17) is 9.47 Å². The van der Waals surface area contributed by atoms with E-state index in [1.807, 2.05) is 6.07 Å². The first kappa shape index (κ1) is 24.5. The van der Waals surface area contributed by atoms with Crippen LogP contribution < -0.4 is 10.6 Å². The van der Waals surface area contributed by atoms with E-state index in [2.05, 4.69) is 10.6 Å². The quantitative estimate of drug-likeness (QED) is 0.541. The minimum atomic E-state index is -0.897. The Labute approximate surface area is 183 Å². The van der Waals surface area contributed by atoms with Gasteiger partial charge in [0.2, 0.25) is 0 Å². The van der Waals surface area contributed by atoms with Crippen LogP contribution in [0.2, 0.25) is 0 Å². The first-order valence-corrected chi connectivity index (χ1v) is 10.4. The van der Waals surface area contributed by atoms with Crippen molar-refractivity contribution in [3.8, 4) is 0 Å². The molecule has 0 radical (unpaired) electrons. The molecule has 9 nitrogen and oxygen atoms in total. The Morgan fingerprint density at radius 1 is 1.29 bits per heavy atom. The zero-order chi connectivity index (χ0) is 23.0. The van der Waals surface area contributed by atoms with Gasteiger partial charge in [-0.25, -0.2) is 9.59 Å². The Balaban J connectivity index is 1.99. The van der Waals surface area contributed by atoms with Crippen LogP contribution in [0.25, 0.3) is 0 Å². The van der Waals surface area contributed by atoms with Gasteiger partial charge in [0.05, 0.1) is 12.5 Å². The van der Waals surface area contributed by atoms with Crippen LogP contribution in [-0.2, 0) is 20.7 Å². The third kappa shape index (κ3) is 8.09. The maximum atomic E-state index is 12.3. The Morgan fingerprint density at radius 2 is 2.03 bits per heavy atom. The third-order valence-electron chi connectivity index (χ3n) is 4.99. The summed E-state index contributed by atoms with van der Waals surface area (Å²) in [6, 6.07) is 6.78. The smallest absolute Gasteiger partial charge is 0.410 e. The fourth-order valence-corrected chi connectivity index (χ4v) is 3.54. The third-order valence-corrected chi connectivity index (χ3v) is 4.99. The predicted octanol–water partition coefficient (Wildman–Crippen LogP) is 2.95. The number of aliphatic carboxylic acids is 1. The molecular weight excluding hydrogens is 402 g/mol. The largest absolute Gasteiger partial charge is 0.481 e. The van der Waals surface area contributed by atoms with E-state index in [9.17, 15) is 19.5 Å². The second kappa shape index (κ2) is 11.0. The number of carbonyl (C=O) groups excluding carboxylic acids is 2. The van der Waals surface area contributed by atoms with Crippen molar-refractivity contribution in [2.24, 2.45) is 11.8 Å². The summed E-state index contributed by atoms with van der Waals surface area (Å²) in [5.41, 5.74) is 0.793. The van der Waals surface area contributed by atoms with Gasteiger partial charge < -0.3 is 30.1 Å². The molecule has 3 amide bonds. The topological polar surface area (TPSA) is 117 Å². The van der Waals surface area contributed by atoms with Crippen LogP contribution in [0, 0.1) is 11.8 Å². The zero-order valence-corrected chi connectivity index (χ0v) is 18.6. The van der Waals surface area contributed by atoms with Crippen molar-refractivity contribution in [3.05, 3.63) is 29.8 Å². The van der Waals surface area contributed by atoms with Crippen LogP contribution >= 0.6 is 0 Å². The number of carboxylic acids is 1. The standard InChI is InChI=1S/C22H33N3O6/c1-22(2,3)31-21(29)25-10-8-16(14-25)18(19(26)27)13-15-6-5-7-17(12-15)24-20(28)23-9-11-30-4/h5-7,12,16,18H,8-11,13-14H2,1-4H3,(H,26,27)(H2,23,24,28)/t16-,18-/m0/s1. The molecule has 31 heavy (non-hydrogen) atoms. The summed E-state index contributed by atoms with van der Waals surface area (Å²) in [4.78, 5) is 37.8. The maximum absolute atomic E-state index is 12.3. The second-order valence-corrected chi connectivity index (χ2v) is 8.70. The molecule has 1 saturated heterocycles. The second-order valence-electron chi connectivity index (χ2n) is 8.70. The van der Waals surface area contributed by atoms with Gasteiger partial charge >= 0.3 is 18.1 Å². The monoisotopic (exact) mass is 435 g/mol. The Bertz CT molecular complexity index is 777. The van der Waals surface area contributed by atoms with Crippen molar-refractivity contribution in [1.29, 1.82) is 0 Å². The number of nitrogens with one attached hydrogen (secondary N) is 2. The number of methoxy groups -OCH3 is 1. The van der Waals surface area contributed by atoms with Crippen molar-refractivity contribution in [3.63, 3.8) is 0 Å². The van der Waals surface area contributed by atoms with E-state index < -0.39 is 23.6 Å². The molecule has 1 aliphatic rings. The van der Waals surface area contributed by atoms with Crippen molar-refractivity contribution in [2.75, 3.05) is 38.7 Å². The molecule has 9 heteroatoms. The molecule has 1 heterocycles. The van der Waals surface area contributed by atoms with E-state index in [-0.39, 0.29) is 11.9 Å². The van der Waals surface area contributed by atoms with Gasteiger partial charge in [0.1, 0.15) is 5.60 Å². The highest BCUT2D eigenvalue weighted by Crippen LogP contribution is 2.29. The van der Waals surface area contributed by atoms with Crippen LogP contribution in [0.4, 0.5) is 15.3 Å². The molecular formula is C22H33N3O6. The number of carboxylic acid groups (broad SMARTS) is 1. The van der Waals surface area contributed by atoms with Gasteiger partial charge in [0.25, 0.3) is 0 Å². The fraction of sp³-hybridized carbons (Fsp3) is 0.591. The number of anilines is 1. The summed E-state index contributed by atoms with van der Waals surface area (Å²) in [5, 5.41) is 15.2. The van der Waals surface area contributed by atoms with Crippen molar-refractivity contribution in [2.45, 2.75) is 39.2 Å². The molecule has 0 unspecified atom stereocenters. The molecule has 0 saturated carbocycles. The summed E-state index contributed by atoms with van der Waals surface area (Å²) < 4.78 is 10.3. The molecule has 0 aromatic heterocycles. The number of hydrogen-bond acceptors (Lipinski definition) is 5. The number of nitrogens with zero attached hydrogens (tertiary/aromatic N) is 1. The molecule has 1 aliphatic heterocycles. The van der Waals surface area contributed by atoms with E-state index in [1.165, 1.54) is 0 Å². The Kier molecular flexibility index (Phi) is 8.67. The average molecular weight is 436 g/mol. The lowest BCUT2D eigenvalue weighted by atomic mass is 9.86. The van der Waals surface area contributed by atoms with Crippen molar-refractivity contribution in [1.82, 2.24) is 10.2 Å². The molecule has 0 spiro atoms. The average Bonchev–Trinajstić information content (AvgIpc) is 3.15. The lowest BCUT2D eigenvalue weighted by molar-refractivity contribution is -0.143. The Morgan fingerprint density at radius 3 is 2.68 bits per heavy atom. The number of benzene rings is 1. The molecule has 3 N–H and O–H groups in total. The molecule has 1 aromatic carbocycles. The van der Waals surface area contributed by atoms with E-state index >= 15 is 0 Å². The minimum Gasteiger partial charge on any atom is -0.481 e. The van der Waals surface area contributed by atoms with Crippen LogP contribution in [0.3, 0.4) is 0 Å². The van der Waals surface area contributed by atoms with Crippen molar-refractivity contribution >= 4 is 23.8 Å². The fourth-order valence-electron chi connectivity index (χ4n) is 3.54. The highest BCUT2D eigenvalue weighted by molar-refractivity contribution is 5.89. The molecule has 1 fully saturated rings. The summed E-state index contributed by atoms with van der Waals surface area (Å²) in [7, 11) is 1.55. The van der Waals surface area contributed by atoms with Gasteiger partial charge in [-0.1, -0.05) is 12.1 Å². The van der Waals surface area contributed by atoms with Gasteiger partial charge in [-0.05, 0) is 57.2 Å². The molecule has 2 atom stereocenters. The lowest BCUT2D eigenvalue weighted by Crippen LogP contribution is -2.36. The number of ether oxygens (including phenoxy) is 2. The summed E-state index contributed by atoms with van der Waals surface area (Å²) >= 11 is 0. The number of amides is 3. The predicted molar refractivity (Wildman–Crippen MR) is 116 cm³/mol. The molecule has 2 rings (SSSR count). The number of rotatable bonds is 8. The van der Waals surface area contributed by atoms with Gasteiger partial charge in [0, 0.05) is 32.4 Å². The number of hydrogen-bond donors (Lipinski definition) is 3. The van der Waals surface area contributed by atoms with Crippen molar-refractivity contribution < 1.29 is 29.0 Å². The first-order valence-electron chi connectivity index (χ1n) is 10.4. The number of likely N-dealkylation sites (tertiary alicyclic amines) is 1. The van der Waals surface area contributed by atoms with E-state index in [0.717, 1.165) is 5.56 Å². The van der Waals surface area contributed by atoms with E-state index in [1.54, 1.807) is 51.0 Å². The summed E-state index contributed by atoms with van der Waals surface area (Å²) in [6.45, 7) is 7.04. The van der Waals surface area contributed by atoms with Gasteiger partial charge in [0.15, 0.2) is 0 Å². The van der Waals surface area contributed by atoms with Crippen LogP contribution in [0.1, 0.15) is 32.8 Å². The van der Waals surface area contributed by atoms with Crippen LogP contribution in [0.5, 0.6) is 0 Å². The van der Waals surface area contributed by atoms with Crippen LogP contribution in [0.15, 0.2) is 24.3 Å². The van der Waals surface area contributed by atoms with E-state index in [0.29, 0.717) is 44.8 Å². The summed E-state index contributed by atoms with van der Waals surface area (Å²) in [5.74, 6) is -1.70. The number of urea groups is 1. The molecule has 0 aliphatic carbocycles. The molecule has 0 bridgehead atoms. The normalized spacial score (nSPS) is 17.2. The van der Waals surface area contributed by atoms with Crippen LogP contribution in [-0.4, -0.2) is 67.1 Å². The minimum absolute atomic E-state index is 0.168. The first-order chi connectivity index (χ1) is 14.6. The van der Waals surface area contributed by atoms with Gasteiger partial charge in [-0.2, -0.15) is 0 Å². The number of carbonyl (C=O) groups is 3.